The number of fused-ring (bicyclic) bond motifs is 2. The maximum atomic E-state index is 12.8. The largest absolute Gasteiger partial charge is 0.370 e. The Labute approximate surface area is 161 Å². The fourth-order valence-electron chi connectivity index (χ4n) is 4.53. The second-order valence-corrected chi connectivity index (χ2v) is 7.81. The number of amides is 1. The Morgan fingerprint density at radius 3 is 2.59 bits per heavy atom. The molecule has 0 radical (unpaired) electrons. The summed E-state index contributed by atoms with van der Waals surface area (Å²) in [4.78, 5) is 24.3. The highest BCUT2D eigenvalue weighted by Gasteiger charge is 2.44. The third kappa shape index (κ3) is 3.31. The molecule has 0 saturated carbocycles. The number of carbonyl (C=O) groups excluding carboxylic acids is 1. The Morgan fingerprint density at radius 1 is 1.15 bits per heavy atom. The summed E-state index contributed by atoms with van der Waals surface area (Å²) in [7, 11) is 0. The molecule has 142 valence electrons. The molecule has 1 aliphatic carbocycles. The zero-order valence-electron chi connectivity index (χ0n) is 16.3. The number of aryl methyl sites for hydroxylation is 1. The number of anilines is 1. The van der Waals surface area contributed by atoms with Crippen LogP contribution in [0.4, 0.5) is 5.82 Å². The topological polar surface area (TPSA) is 58.1 Å². The lowest BCUT2D eigenvalue weighted by atomic mass is 9.76. The molecule has 4 rings (SSSR count). The molecule has 0 unspecified atom stereocenters. The third-order valence-corrected chi connectivity index (χ3v) is 6.05. The van der Waals surface area contributed by atoms with Crippen LogP contribution in [-0.2, 0) is 11.8 Å². The van der Waals surface area contributed by atoms with Crippen LogP contribution in [0.5, 0.6) is 0 Å². The highest BCUT2D eigenvalue weighted by Crippen LogP contribution is 2.47. The van der Waals surface area contributed by atoms with Gasteiger partial charge in [-0.05, 0) is 51.2 Å². The predicted molar refractivity (Wildman–Crippen MR) is 107 cm³/mol. The number of rotatable bonds is 4. The van der Waals surface area contributed by atoms with Crippen molar-refractivity contribution in [3.05, 3.63) is 53.0 Å². The van der Waals surface area contributed by atoms with E-state index in [1.807, 2.05) is 42.2 Å². The molecule has 1 aromatic carbocycles. The van der Waals surface area contributed by atoms with E-state index >= 15 is 0 Å². The molecule has 1 spiro atoms. The van der Waals surface area contributed by atoms with Gasteiger partial charge in [0.25, 0.3) is 5.91 Å². The molecule has 1 N–H and O–H groups in total. The van der Waals surface area contributed by atoms with Crippen molar-refractivity contribution in [3.8, 4) is 0 Å². The summed E-state index contributed by atoms with van der Waals surface area (Å²) in [6.45, 7) is 6.69. The normalized spacial score (nSPS) is 17.8. The first-order valence-corrected chi connectivity index (χ1v) is 10.1. The first-order chi connectivity index (χ1) is 13.1. The molecule has 27 heavy (non-hydrogen) atoms. The summed E-state index contributed by atoms with van der Waals surface area (Å²) in [6.07, 6.45) is 5.22. The first-order valence-electron chi connectivity index (χ1n) is 10.1. The number of nitrogens with zero attached hydrogens (tertiary/aromatic N) is 3. The van der Waals surface area contributed by atoms with E-state index in [9.17, 15) is 4.79 Å². The lowest BCUT2D eigenvalue weighted by Crippen LogP contribution is -2.44. The first kappa shape index (κ1) is 18.0. The molecule has 5 nitrogen and oxygen atoms in total. The Balaban J connectivity index is 1.53. The van der Waals surface area contributed by atoms with E-state index in [0.29, 0.717) is 0 Å². The average Bonchev–Trinajstić information content (AvgIpc) is 3.05. The van der Waals surface area contributed by atoms with Gasteiger partial charge in [-0.15, -0.1) is 0 Å². The number of aromatic nitrogens is 2. The van der Waals surface area contributed by atoms with Crippen LogP contribution in [-0.4, -0.2) is 40.4 Å². The second kappa shape index (κ2) is 7.29. The van der Waals surface area contributed by atoms with E-state index in [-0.39, 0.29) is 11.3 Å². The van der Waals surface area contributed by atoms with Gasteiger partial charge in [0.15, 0.2) is 0 Å². The van der Waals surface area contributed by atoms with Gasteiger partial charge in [0.2, 0.25) is 0 Å². The highest BCUT2D eigenvalue weighted by atomic mass is 16.2. The number of hydrogen-bond acceptors (Lipinski definition) is 4. The molecule has 1 amide bonds. The molecule has 2 aliphatic rings. The van der Waals surface area contributed by atoms with Crippen molar-refractivity contribution in [1.29, 1.82) is 0 Å². The molecule has 1 aromatic heterocycles. The van der Waals surface area contributed by atoms with Gasteiger partial charge in [0.1, 0.15) is 11.6 Å². The fraction of sp³-hybridized carbons (Fsp3) is 0.500. The smallest absolute Gasteiger partial charge is 0.253 e. The Kier molecular flexibility index (Phi) is 4.85. The summed E-state index contributed by atoms with van der Waals surface area (Å²) in [5.41, 5.74) is 3.43. The van der Waals surface area contributed by atoms with E-state index < -0.39 is 0 Å². The maximum Gasteiger partial charge on any atom is 0.253 e. The number of likely N-dealkylation sites (tertiary alicyclic amines) is 1. The summed E-state index contributed by atoms with van der Waals surface area (Å²) < 4.78 is 0. The molecule has 2 aromatic rings. The molecular weight excluding hydrogens is 336 g/mol. The average molecular weight is 364 g/mol. The van der Waals surface area contributed by atoms with Crippen molar-refractivity contribution in [2.45, 2.75) is 51.4 Å². The van der Waals surface area contributed by atoms with Crippen LogP contribution >= 0.6 is 0 Å². The molecule has 0 atom stereocenters. The number of carbonyl (C=O) groups is 1. The van der Waals surface area contributed by atoms with E-state index in [2.05, 4.69) is 17.2 Å². The van der Waals surface area contributed by atoms with Crippen LogP contribution in [0.3, 0.4) is 0 Å². The number of piperidine rings is 1. The van der Waals surface area contributed by atoms with Crippen molar-refractivity contribution in [2.24, 2.45) is 0 Å². The van der Waals surface area contributed by atoms with Crippen LogP contribution in [0.2, 0.25) is 0 Å². The minimum Gasteiger partial charge on any atom is -0.370 e. The minimum absolute atomic E-state index is 0.110. The SMILES string of the molecule is CCCNc1nc(C)nc2c1CCC21CCN(C(=O)c2ccccc2)CC1. The standard InChI is InChI=1S/C22H28N4O/c1-3-13-23-20-18-9-10-22(19(18)24-16(2)25-20)11-14-26(15-12-22)21(27)17-7-5-4-6-8-17/h4-8H,3,9-15H2,1-2H3,(H,23,24,25). The van der Waals surface area contributed by atoms with Gasteiger partial charge < -0.3 is 10.2 Å². The zero-order chi connectivity index (χ0) is 18.9. The molecule has 1 fully saturated rings. The highest BCUT2D eigenvalue weighted by molar-refractivity contribution is 5.94. The van der Waals surface area contributed by atoms with Gasteiger partial charge in [-0.25, -0.2) is 9.97 Å². The van der Waals surface area contributed by atoms with Crippen molar-refractivity contribution >= 4 is 11.7 Å². The van der Waals surface area contributed by atoms with Gasteiger partial charge in [0, 0.05) is 36.2 Å². The van der Waals surface area contributed by atoms with E-state index in [4.69, 9.17) is 4.98 Å². The van der Waals surface area contributed by atoms with E-state index in [0.717, 1.165) is 68.9 Å². The van der Waals surface area contributed by atoms with Crippen LogP contribution in [0.25, 0.3) is 0 Å². The zero-order valence-corrected chi connectivity index (χ0v) is 16.3. The van der Waals surface area contributed by atoms with E-state index in [1.165, 1.54) is 11.3 Å². The predicted octanol–water partition coefficient (Wildman–Crippen LogP) is 3.73. The third-order valence-electron chi connectivity index (χ3n) is 6.05. The fourth-order valence-corrected chi connectivity index (χ4v) is 4.53. The molecular formula is C22H28N4O. The van der Waals surface area contributed by atoms with Crippen LogP contribution in [0, 0.1) is 6.92 Å². The number of nitrogens with one attached hydrogen (secondary N) is 1. The Bertz CT molecular complexity index is 826. The number of hydrogen-bond donors (Lipinski definition) is 1. The van der Waals surface area contributed by atoms with Gasteiger partial charge in [-0.3, -0.25) is 4.79 Å². The van der Waals surface area contributed by atoms with Crippen molar-refractivity contribution in [1.82, 2.24) is 14.9 Å². The Hall–Kier alpha value is -2.43. The monoisotopic (exact) mass is 364 g/mol. The second-order valence-electron chi connectivity index (χ2n) is 7.81. The quantitative estimate of drug-likeness (QED) is 0.898. The van der Waals surface area contributed by atoms with Gasteiger partial charge in [0.05, 0.1) is 5.69 Å². The molecule has 5 heteroatoms. The molecule has 1 aliphatic heterocycles. The lowest BCUT2D eigenvalue weighted by Gasteiger charge is -2.39. The van der Waals surface area contributed by atoms with Crippen LogP contribution < -0.4 is 5.32 Å². The Morgan fingerprint density at radius 2 is 1.89 bits per heavy atom. The van der Waals surface area contributed by atoms with Gasteiger partial charge >= 0.3 is 0 Å². The van der Waals surface area contributed by atoms with Crippen molar-refractivity contribution in [3.63, 3.8) is 0 Å². The number of benzene rings is 1. The van der Waals surface area contributed by atoms with Gasteiger partial charge in [-0.1, -0.05) is 25.1 Å². The molecule has 0 bridgehead atoms. The lowest BCUT2D eigenvalue weighted by molar-refractivity contribution is 0.0663. The molecule has 2 heterocycles. The summed E-state index contributed by atoms with van der Waals surface area (Å²) in [6, 6.07) is 9.61. The summed E-state index contributed by atoms with van der Waals surface area (Å²) >= 11 is 0. The van der Waals surface area contributed by atoms with Crippen molar-refractivity contribution < 1.29 is 4.79 Å². The minimum atomic E-state index is 0.110. The van der Waals surface area contributed by atoms with Crippen molar-refractivity contribution in [2.75, 3.05) is 25.0 Å². The maximum absolute atomic E-state index is 12.8. The molecule has 1 saturated heterocycles. The summed E-state index contributed by atoms with van der Waals surface area (Å²) in [5.74, 6) is 2.02. The summed E-state index contributed by atoms with van der Waals surface area (Å²) in [5, 5.41) is 3.49. The van der Waals surface area contributed by atoms with E-state index in [1.54, 1.807) is 0 Å². The van der Waals surface area contributed by atoms with Crippen LogP contribution in [0.1, 0.15) is 60.0 Å². The van der Waals surface area contributed by atoms with Gasteiger partial charge in [-0.2, -0.15) is 0 Å². The van der Waals surface area contributed by atoms with Crippen LogP contribution in [0.15, 0.2) is 30.3 Å².